The third-order valence-corrected chi connectivity index (χ3v) is 13.7. The molecule has 1 heterocycles. The summed E-state index contributed by atoms with van der Waals surface area (Å²) in [5, 5.41) is 0. The fourth-order valence-corrected chi connectivity index (χ4v) is 11.2. The Morgan fingerprint density at radius 3 is 2.08 bits per heavy atom. The molecule has 0 N–H and O–H groups in total. The van der Waals surface area contributed by atoms with Gasteiger partial charge in [-0.25, -0.2) is 0 Å². The first-order chi connectivity index (χ1) is 16.5. The molecule has 204 valence electrons. The van der Waals surface area contributed by atoms with Gasteiger partial charge in [-0.05, 0) is 111 Å². The van der Waals surface area contributed by atoms with Crippen molar-refractivity contribution in [1.82, 2.24) is 0 Å². The summed E-state index contributed by atoms with van der Waals surface area (Å²) in [6.07, 6.45) is 15.0. The van der Waals surface area contributed by atoms with E-state index in [1.54, 1.807) is 6.92 Å². The third kappa shape index (κ3) is 3.42. The predicted molar refractivity (Wildman–Crippen MR) is 146 cm³/mol. The fourth-order valence-electron chi connectivity index (χ4n) is 11.2. The van der Waals surface area contributed by atoms with Crippen molar-refractivity contribution in [2.45, 2.75) is 138 Å². The van der Waals surface area contributed by atoms with Crippen molar-refractivity contribution >= 4 is 5.97 Å². The molecule has 4 fully saturated rings. The van der Waals surface area contributed by atoms with E-state index in [1.165, 1.54) is 44.9 Å². The van der Waals surface area contributed by atoms with E-state index < -0.39 is 0 Å². The minimum Gasteiger partial charge on any atom is -0.462 e. The largest absolute Gasteiger partial charge is 0.462 e. The highest BCUT2D eigenvalue weighted by Crippen LogP contribution is 2.76. The average molecular weight is 499 g/mol. The Balaban J connectivity index is 1.43. The van der Waals surface area contributed by atoms with Crippen molar-refractivity contribution in [1.29, 1.82) is 0 Å². The van der Waals surface area contributed by atoms with Crippen LogP contribution >= 0.6 is 0 Å². The molecule has 10 atom stereocenters. The monoisotopic (exact) mass is 498 g/mol. The lowest BCUT2D eigenvalue weighted by Crippen LogP contribution is -2.64. The lowest BCUT2D eigenvalue weighted by Gasteiger charge is -2.70. The maximum atomic E-state index is 11.9. The highest BCUT2D eigenvalue weighted by Gasteiger charge is 2.70. The highest BCUT2D eigenvalue weighted by atomic mass is 16.5. The molecule has 4 saturated carbocycles. The maximum Gasteiger partial charge on any atom is 0.302 e. The van der Waals surface area contributed by atoms with E-state index >= 15 is 0 Å². The van der Waals surface area contributed by atoms with E-state index in [-0.39, 0.29) is 28.7 Å². The van der Waals surface area contributed by atoms with Gasteiger partial charge in [0, 0.05) is 12.3 Å². The third-order valence-electron chi connectivity index (χ3n) is 13.7. The summed E-state index contributed by atoms with van der Waals surface area (Å²) in [5.74, 6) is 3.07. The zero-order valence-electron chi connectivity index (χ0n) is 25.0. The molecule has 3 nitrogen and oxygen atoms in total. The second-order valence-corrected chi connectivity index (χ2v) is 15.7. The van der Waals surface area contributed by atoms with Gasteiger partial charge in [-0.15, -0.1) is 0 Å². The van der Waals surface area contributed by atoms with Crippen LogP contribution in [0.25, 0.3) is 0 Å². The summed E-state index contributed by atoms with van der Waals surface area (Å²) in [6, 6.07) is 0. The van der Waals surface area contributed by atoms with Crippen LogP contribution in [0.3, 0.4) is 0 Å². The molecular weight excluding hydrogens is 444 g/mol. The Bertz CT molecular complexity index is 935. The van der Waals surface area contributed by atoms with Gasteiger partial charge < -0.3 is 9.47 Å². The van der Waals surface area contributed by atoms with Gasteiger partial charge in [0.25, 0.3) is 0 Å². The van der Waals surface area contributed by atoms with Crippen molar-refractivity contribution in [3.63, 3.8) is 0 Å². The van der Waals surface area contributed by atoms with Crippen LogP contribution in [0.5, 0.6) is 0 Å². The van der Waals surface area contributed by atoms with E-state index in [9.17, 15) is 4.79 Å². The van der Waals surface area contributed by atoms with E-state index in [1.807, 2.05) is 0 Å². The van der Waals surface area contributed by atoms with Crippen molar-refractivity contribution in [2.24, 2.45) is 51.2 Å². The first-order valence-electron chi connectivity index (χ1n) is 15.1. The molecule has 0 aromatic rings. The van der Waals surface area contributed by atoms with Crippen LogP contribution in [0.2, 0.25) is 0 Å². The van der Waals surface area contributed by atoms with Crippen molar-refractivity contribution < 1.29 is 14.3 Å². The minimum absolute atomic E-state index is 0.0349. The van der Waals surface area contributed by atoms with Gasteiger partial charge >= 0.3 is 5.97 Å². The predicted octanol–water partition coefficient (Wildman–Crippen LogP) is 8.36. The zero-order chi connectivity index (χ0) is 26.5. The van der Waals surface area contributed by atoms with Gasteiger partial charge in [-0.3, -0.25) is 4.79 Å². The summed E-state index contributed by atoms with van der Waals surface area (Å²) in [7, 11) is 0. The molecule has 5 rings (SSSR count). The molecule has 4 aliphatic carbocycles. The Labute approximate surface area is 221 Å². The van der Waals surface area contributed by atoms with Crippen LogP contribution in [0.15, 0.2) is 12.2 Å². The molecular formula is C33H54O3. The number of carbonyl (C=O) groups excluding carboxylic acids is 1. The molecule has 0 aromatic heterocycles. The van der Waals surface area contributed by atoms with Crippen LogP contribution < -0.4 is 0 Å². The lowest BCUT2D eigenvalue weighted by molar-refractivity contribution is -0.231. The van der Waals surface area contributed by atoms with Gasteiger partial charge in [-0.1, -0.05) is 60.6 Å². The molecule has 5 aliphatic rings. The van der Waals surface area contributed by atoms with E-state index in [4.69, 9.17) is 9.47 Å². The Kier molecular flexibility index (Phi) is 6.01. The maximum absolute atomic E-state index is 11.9. The number of hydrogen-bond acceptors (Lipinski definition) is 3. The molecule has 0 bridgehead atoms. The standard InChI is InChI=1S/C33H54O3/c1-21(2)32(9)19-20-33(10,36-32)24-13-17-30(7)23(24)11-12-26-29(6)16-15-27(35-22(3)34)28(4,5)25(29)14-18-31(26,30)8/h19-21,23-27H,11-18H2,1-10H3/t23-,24?,25?,26-,27?,29+,30-,31-,32?,33?/m1/s1. The molecule has 1 aliphatic heterocycles. The quantitative estimate of drug-likeness (QED) is 0.290. The summed E-state index contributed by atoms with van der Waals surface area (Å²) in [6.45, 7) is 23.6. The first-order valence-corrected chi connectivity index (χ1v) is 15.1. The topological polar surface area (TPSA) is 35.5 Å². The summed E-state index contributed by atoms with van der Waals surface area (Å²) in [4.78, 5) is 11.9. The van der Waals surface area contributed by atoms with E-state index in [0.717, 1.165) is 18.3 Å². The Morgan fingerprint density at radius 1 is 0.806 bits per heavy atom. The number of ether oxygens (including phenoxy) is 2. The molecule has 0 amide bonds. The van der Waals surface area contributed by atoms with E-state index in [0.29, 0.717) is 34.0 Å². The van der Waals surface area contributed by atoms with Crippen LogP contribution in [-0.4, -0.2) is 23.3 Å². The van der Waals surface area contributed by atoms with E-state index in [2.05, 4.69) is 74.5 Å². The molecule has 5 unspecified atom stereocenters. The molecule has 0 spiro atoms. The summed E-state index contributed by atoms with van der Waals surface area (Å²) >= 11 is 0. The van der Waals surface area contributed by atoms with Gasteiger partial charge in [0.05, 0.1) is 11.2 Å². The average Bonchev–Trinajstić information content (AvgIpc) is 3.29. The number of carbonyl (C=O) groups is 1. The summed E-state index contributed by atoms with van der Waals surface area (Å²) < 4.78 is 12.9. The molecule has 0 radical (unpaired) electrons. The van der Waals surface area contributed by atoms with Crippen LogP contribution in [0, 0.1) is 51.2 Å². The molecule has 36 heavy (non-hydrogen) atoms. The van der Waals surface area contributed by atoms with Crippen LogP contribution in [-0.2, 0) is 14.3 Å². The van der Waals surface area contributed by atoms with Crippen LogP contribution in [0.1, 0.15) is 121 Å². The number of rotatable bonds is 3. The lowest BCUT2D eigenvalue weighted by atomic mass is 9.35. The van der Waals surface area contributed by atoms with Gasteiger partial charge in [0.15, 0.2) is 0 Å². The normalized spacial score (nSPS) is 53.6. The highest BCUT2D eigenvalue weighted by molar-refractivity contribution is 5.66. The Hall–Kier alpha value is -0.830. The number of fused-ring (bicyclic) bond motifs is 5. The number of hydrogen-bond donors (Lipinski definition) is 0. The second-order valence-electron chi connectivity index (χ2n) is 15.7. The zero-order valence-corrected chi connectivity index (χ0v) is 25.0. The van der Waals surface area contributed by atoms with Gasteiger partial charge in [0.1, 0.15) is 6.10 Å². The number of esters is 1. The summed E-state index contributed by atoms with van der Waals surface area (Å²) in [5.41, 5.74) is 0.793. The van der Waals surface area contributed by atoms with Gasteiger partial charge in [0.2, 0.25) is 0 Å². The molecule has 3 heteroatoms. The minimum atomic E-state index is -0.146. The van der Waals surface area contributed by atoms with Crippen molar-refractivity contribution in [3.8, 4) is 0 Å². The van der Waals surface area contributed by atoms with Crippen LogP contribution in [0.4, 0.5) is 0 Å². The second kappa shape index (κ2) is 8.09. The molecule has 0 saturated heterocycles. The van der Waals surface area contributed by atoms with Crippen molar-refractivity contribution in [2.75, 3.05) is 0 Å². The Morgan fingerprint density at radius 2 is 1.47 bits per heavy atom. The van der Waals surface area contributed by atoms with Gasteiger partial charge in [-0.2, -0.15) is 0 Å². The first kappa shape index (κ1) is 26.8. The fraction of sp³-hybridized carbons (Fsp3) is 0.909. The SMILES string of the molecule is CC(=O)OC1CC[C@@]2(C)C(CC[C@]3(C)[C@@H]2CC[C@@H]2C(C4(C)C=CC(C)(C(C)C)O4)CC[C@]23C)C1(C)C. The molecule has 0 aromatic carbocycles. The smallest absolute Gasteiger partial charge is 0.302 e. The van der Waals surface area contributed by atoms with Crippen molar-refractivity contribution in [3.05, 3.63) is 12.2 Å².